The molecule has 2 atom stereocenters. The lowest BCUT2D eigenvalue weighted by molar-refractivity contribution is -0.131. The minimum absolute atomic E-state index is 0.00381. The van der Waals surface area contributed by atoms with Gasteiger partial charge in [-0.2, -0.15) is 9.59 Å². The van der Waals surface area contributed by atoms with Gasteiger partial charge in [0, 0.05) is 80.2 Å². The first-order valence-electron chi connectivity index (χ1n) is 23.9. The van der Waals surface area contributed by atoms with E-state index < -0.39 is 13.3 Å². The number of alkyl halides is 2. The second-order valence-corrected chi connectivity index (χ2v) is 19.0. The topological polar surface area (TPSA) is 179 Å². The van der Waals surface area contributed by atoms with Crippen molar-refractivity contribution < 1.29 is 27.8 Å². The van der Waals surface area contributed by atoms with E-state index >= 15 is 0 Å². The van der Waals surface area contributed by atoms with Gasteiger partial charge in [0.15, 0.2) is 11.6 Å². The van der Waals surface area contributed by atoms with Crippen LogP contribution in [0.1, 0.15) is 64.7 Å². The third kappa shape index (κ3) is 15.7. The van der Waals surface area contributed by atoms with Gasteiger partial charge in [-0.15, -0.1) is 20.4 Å². The van der Waals surface area contributed by atoms with Gasteiger partial charge in [0.25, 0.3) is 0 Å². The number of hydrogen-bond donors (Lipinski definition) is 0. The number of amides is 2. The summed E-state index contributed by atoms with van der Waals surface area (Å²) in [5.74, 6) is 2.37. The van der Waals surface area contributed by atoms with Gasteiger partial charge in [0.2, 0.25) is 11.8 Å². The summed E-state index contributed by atoms with van der Waals surface area (Å²) >= 11 is 2.27. The fourth-order valence-corrected chi connectivity index (χ4v) is 9.02. The average molecular weight is 1100 g/mol. The van der Waals surface area contributed by atoms with Gasteiger partial charge >= 0.3 is 0 Å². The summed E-state index contributed by atoms with van der Waals surface area (Å²) in [6, 6.07) is 19.8. The smallest absolute Gasteiger partial charge is 0.246 e. The van der Waals surface area contributed by atoms with Crippen LogP contribution < -0.4 is 9.47 Å². The molecule has 6 aromatic rings. The molecule has 4 aromatic heterocycles. The molecule has 0 radical (unpaired) electrons. The Bertz CT molecular complexity index is 2580. The van der Waals surface area contributed by atoms with E-state index in [4.69, 9.17) is 9.47 Å². The number of tetrazole rings is 2. The molecule has 0 N–H and O–H groups in total. The van der Waals surface area contributed by atoms with Crippen molar-refractivity contribution in [3.8, 4) is 11.5 Å². The van der Waals surface area contributed by atoms with Gasteiger partial charge in [-0.25, -0.2) is 8.78 Å². The molecule has 0 saturated carbocycles. The molecule has 6 heterocycles. The Kier molecular flexibility index (Phi) is 19.4. The number of aromatic nitrogens is 10. The highest BCUT2D eigenvalue weighted by Crippen LogP contribution is 2.21. The van der Waals surface area contributed by atoms with Crippen LogP contribution in [0.2, 0.25) is 0 Å². The van der Waals surface area contributed by atoms with Crippen LogP contribution in [0.4, 0.5) is 8.78 Å². The summed E-state index contributed by atoms with van der Waals surface area (Å²) in [5, 5.41) is 24.5. The number of aryl methyl sites for hydroxylation is 3. The van der Waals surface area contributed by atoms with E-state index in [-0.39, 0.29) is 37.1 Å². The molecule has 18 nitrogen and oxygen atoms in total. The first-order chi connectivity index (χ1) is 34.8. The summed E-state index contributed by atoms with van der Waals surface area (Å²) < 4.78 is 36.1. The molecule has 0 unspecified atom stereocenters. The molecule has 2 aliphatic heterocycles. The number of piperazine rings is 2. The number of benzene rings is 2. The molecule has 2 fully saturated rings. The number of hydrogen-bond acceptors (Lipinski definition) is 14. The van der Waals surface area contributed by atoms with Crippen LogP contribution in [0.5, 0.6) is 11.5 Å². The van der Waals surface area contributed by atoms with E-state index in [1.807, 2.05) is 77.4 Å². The lowest BCUT2D eigenvalue weighted by Gasteiger charge is -2.39. The van der Waals surface area contributed by atoms with Crippen LogP contribution in [0, 0.1) is 24.3 Å². The molecule has 0 aliphatic carbocycles. The number of rotatable bonds is 18. The first-order valence-corrected chi connectivity index (χ1v) is 25.0. The van der Waals surface area contributed by atoms with Crippen molar-refractivity contribution in [2.24, 2.45) is 0 Å². The van der Waals surface area contributed by atoms with Crippen molar-refractivity contribution in [2.75, 3.05) is 65.8 Å². The SMILES string of the molecule is Cc1ccc(/C=C/C(=O)N2CCN(Cc3ccc(OCCF)cn3)C[C@H]2C)c(Cn2nnc(C)n2)c1.Cc1nnn(Cc2cc(I)ccc2/C=C/C(=O)N2CCN(Cc3ccc(OCCF)cn3)C[C@H]2C)n1. The van der Waals surface area contributed by atoms with Crippen molar-refractivity contribution in [3.63, 3.8) is 0 Å². The molecule has 8 rings (SSSR count). The molecule has 2 aliphatic rings. The van der Waals surface area contributed by atoms with Gasteiger partial charge in [-0.3, -0.25) is 29.4 Å². The molecule has 72 heavy (non-hydrogen) atoms. The van der Waals surface area contributed by atoms with Crippen LogP contribution >= 0.6 is 22.6 Å². The van der Waals surface area contributed by atoms with E-state index in [0.29, 0.717) is 62.4 Å². The van der Waals surface area contributed by atoms with E-state index in [2.05, 4.69) is 99.2 Å². The van der Waals surface area contributed by atoms with Crippen molar-refractivity contribution in [1.82, 2.24) is 70.0 Å². The average Bonchev–Trinajstić information content (AvgIpc) is 3.98. The molecule has 0 spiro atoms. The fraction of sp³-hybridized carbons (Fsp3) is 0.412. The minimum Gasteiger partial charge on any atom is -0.489 e. The molecule has 2 amide bonds. The number of nitrogens with zero attached hydrogens (tertiary/aromatic N) is 14. The van der Waals surface area contributed by atoms with Gasteiger partial charge in [0.1, 0.15) is 38.1 Å². The maximum absolute atomic E-state index is 13.0. The Morgan fingerprint density at radius 2 is 1.11 bits per heavy atom. The van der Waals surface area contributed by atoms with Crippen LogP contribution in [0.3, 0.4) is 0 Å². The summed E-state index contributed by atoms with van der Waals surface area (Å²) in [5.41, 5.74) is 6.93. The first kappa shape index (κ1) is 53.2. The van der Waals surface area contributed by atoms with Gasteiger partial charge in [-0.1, -0.05) is 29.8 Å². The highest BCUT2D eigenvalue weighted by Gasteiger charge is 2.28. The highest BCUT2D eigenvalue weighted by atomic mass is 127. The largest absolute Gasteiger partial charge is 0.489 e. The normalized spacial score (nSPS) is 16.6. The molecule has 21 heteroatoms. The third-order valence-corrected chi connectivity index (χ3v) is 12.7. The fourth-order valence-electron chi connectivity index (χ4n) is 8.47. The molecular weight excluding hydrogens is 1040 g/mol. The van der Waals surface area contributed by atoms with E-state index in [1.54, 1.807) is 48.0 Å². The Morgan fingerprint density at radius 3 is 1.53 bits per heavy atom. The summed E-state index contributed by atoms with van der Waals surface area (Å²) in [7, 11) is 0. The number of carbonyl (C=O) groups excluding carboxylic acids is 2. The van der Waals surface area contributed by atoms with Crippen molar-refractivity contribution in [1.29, 1.82) is 0 Å². The number of halogens is 3. The van der Waals surface area contributed by atoms with E-state index in [0.717, 1.165) is 69.0 Å². The quantitative estimate of drug-likeness (QED) is 0.0729. The zero-order chi connectivity index (χ0) is 51.0. The molecule has 2 aromatic carbocycles. The van der Waals surface area contributed by atoms with Crippen LogP contribution in [-0.2, 0) is 35.8 Å². The summed E-state index contributed by atoms with van der Waals surface area (Å²) in [6.45, 7) is 15.5. The number of carbonyl (C=O) groups is 2. The molecule has 380 valence electrons. The predicted octanol–water partition coefficient (Wildman–Crippen LogP) is 5.95. The monoisotopic (exact) mass is 1100 g/mol. The lowest BCUT2D eigenvalue weighted by Crippen LogP contribution is -2.53. The zero-order valence-electron chi connectivity index (χ0n) is 41.3. The Morgan fingerprint density at radius 1 is 0.639 bits per heavy atom. The molecular formula is C51H61F2IN14O4. The summed E-state index contributed by atoms with van der Waals surface area (Å²) in [4.78, 5) is 46.4. The van der Waals surface area contributed by atoms with Gasteiger partial charge in [0.05, 0.1) is 36.9 Å². The minimum atomic E-state index is -0.524. The molecule has 2 saturated heterocycles. The third-order valence-electron chi connectivity index (χ3n) is 12.0. The lowest BCUT2D eigenvalue weighted by atomic mass is 10.0. The number of ether oxygens (including phenoxy) is 2. The van der Waals surface area contributed by atoms with Gasteiger partial charge in [-0.05, 0) is 138 Å². The van der Waals surface area contributed by atoms with Crippen molar-refractivity contribution in [3.05, 3.63) is 140 Å². The van der Waals surface area contributed by atoms with Crippen LogP contribution in [0.25, 0.3) is 12.2 Å². The predicted molar refractivity (Wildman–Crippen MR) is 276 cm³/mol. The van der Waals surface area contributed by atoms with E-state index in [9.17, 15) is 18.4 Å². The van der Waals surface area contributed by atoms with Gasteiger partial charge < -0.3 is 19.3 Å². The zero-order valence-corrected chi connectivity index (χ0v) is 43.5. The molecule has 0 bridgehead atoms. The standard InChI is InChI=1S/C26H32FN7O2.C25H29FIN7O2/c1-19-4-5-22(23(14-19)17-34-30-21(3)29-31-34)6-9-26(35)33-12-11-32(16-20(33)2)18-24-7-8-25(15-28-24)36-13-10-27;1-18-15-32(17-23-6-7-24(14-28-23)36-12-9-26)10-11-33(18)25(35)8-4-20-3-5-22(27)13-21(20)16-34-30-19(2)29-31-34/h4-9,14-15,20H,10-13,16-18H2,1-3H3;3-8,13-14,18H,9-12,15-17H2,1-2H3/b9-6+;8-4+/t20-;18-/m11/s1. The Balaban J connectivity index is 0.000000211. The van der Waals surface area contributed by atoms with E-state index in [1.165, 1.54) is 0 Å². The van der Waals surface area contributed by atoms with Crippen LogP contribution in [0.15, 0.2) is 85.2 Å². The number of pyridine rings is 2. The van der Waals surface area contributed by atoms with Crippen molar-refractivity contribution >= 4 is 46.6 Å². The Hall–Kier alpha value is -6.59. The summed E-state index contributed by atoms with van der Waals surface area (Å²) in [6.07, 6.45) is 10.3. The van der Waals surface area contributed by atoms with Crippen molar-refractivity contribution in [2.45, 2.75) is 72.9 Å². The maximum Gasteiger partial charge on any atom is 0.246 e. The highest BCUT2D eigenvalue weighted by molar-refractivity contribution is 14.1. The second-order valence-electron chi connectivity index (χ2n) is 17.7. The second kappa shape index (κ2) is 26.2. The Labute approximate surface area is 432 Å². The maximum atomic E-state index is 13.0. The van der Waals surface area contributed by atoms with Crippen LogP contribution in [-0.4, -0.2) is 160 Å².